The summed E-state index contributed by atoms with van der Waals surface area (Å²) in [6, 6.07) is 7.23. The van der Waals surface area contributed by atoms with E-state index < -0.39 is 0 Å². The standard InChI is InChI=1S/C14H20N2O2/c1-3-14(4-2)12(9-13(14)15)10-6-5-7-11(8-10)16(17)18/h5-8,12-13H,3-4,9,15H2,1-2H3. The van der Waals surface area contributed by atoms with Crippen molar-refractivity contribution < 1.29 is 4.92 Å². The van der Waals surface area contributed by atoms with Gasteiger partial charge >= 0.3 is 0 Å². The van der Waals surface area contributed by atoms with Crippen molar-refractivity contribution in [2.45, 2.75) is 45.1 Å². The Kier molecular flexibility index (Phi) is 3.39. The molecule has 1 aliphatic rings. The molecule has 0 spiro atoms. The normalized spacial score (nSPS) is 25.5. The van der Waals surface area contributed by atoms with E-state index in [2.05, 4.69) is 13.8 Å². The molecule has 4 heteroatoms. The van der Waals surface area contributed by atoms with E-state index in [0.717, 1.165) is 24.8 Å². The van der Waals surface area contributed by atoms with E-state index in [1.54, 1.807) is 18.2 Å². The van der Waals surface area contributed by atoms with Crippen molar-refractivity contribution in [2.24, 2.45) is 11.1 Å². The second-order valence-electron chi connectivity index (χ2n) is 5.19. The van der Waals surface area contributed by atoms with Crippen LogP contribution in [0.25, 0.3) is 0 Å². The Balaban J connectivity index is 2.32. The van der Waals surface area contributed by atoms with Gasteiger partial charge in [0.1, 0.15) is 0 Å². The summed E-state index contributed by atoms with van der Waals surface area (Å²) in [6.45, 7) is 4.32. The first-order valence-corrected chi connectivity index (χ1v) is 6.55. The molecule has 0 aliphatic heterocycles. The Bertz CT molecular complexity index is 455. The maximum absolute atomic E-state index is 10.8. The summed E-state index contributed by atoms with van der Waals surface area (Å²) in [5.74, 6) is 0.363. The molecule has 0 saturated heterocycles. The number of hydrogen-bond acceptors (Lipinski definition) is 3. The molecule has 1 aromatic carbocycles. The lowest BCUT2D eigenvalue weighted by Crippen LogP contribution is -2.55. The second kappa shape index (κ2) is 4.69. The summed E-state index contributed by atoms with van der Waals surface area (Å²) < 4.78 is 0. The first-order chi connectivity index (χ1) is 8.55. The van der Waals surface area contributed by atoms with Crippen LogP contribution in [-0.4, -0.2) is 11.0 Å². The second-order valence-corrected chi connectivity index (χ2v) is 5.19. The molecule has 1 aliphatic carbocycles. The Labute approximate surface area is 107 Å². The van der Waals surface area contributed by atoms with Gasteiger partial charge in [-0.3, -0.25) is 10.1 Å². The summed E-state index contributed by atoms with van der Waals surface area (Å²) in [5, 5.41) is 10.8. The maximum Gasteiger partial charge on any atom is 0.269 e. The number of non-ortho nitro benzene ring substituents is 1. The summed E-state index contributed by atoms with van der Waals surface area (Å²) in [4.78, 5) is 10.5. The Morgan fingerprint density at radius 2 is 2.11 bits per heavy atom. The molecule has 1 aromatic rings. The van der Waals surface area contributed by atoms with E-state index in [1.165, 1.54) is 0 Å². The van der Waals surface area contributed by atoms with Crippen LogP contribution in [0.5, 0.6) is 0 Å². The van der Waals surface area contributed by atoms with Crippen LogP contribution in [0.4, 0.5) is 5.69 Å². The van der Waals surface area contributed by atoms with Gasteiger partial charge in [-0.2, -0.15) is 0 Å². The van der Waals surface area contributed by atoms with Gasteiger partial charge in [0.25, 0.3) is 5.69 Å². The van der Waals surface area contributed by atoms with Crippen molar-refractivity contribution in [3.8, 4) is 0 Å². The molecule has 18 heavy (non-hydrogen) atoms. The number of nitrogens with zero attached hydrogens (tertiary/aromatic N) is 1. The Morgan fingerprint density at radius 1 is 1.44 bits per heavy atom. The minimum absolute atomic E-state index is 0.120. The molecule has 1 fully saturated rings. The van der Waals surface area contributed by atoms with E-state index in [-0.39, 0.29) is 22.1 Å². The average molecular weight is 248 g/mol. The molecule has 0 bridgehead atoms. The summed E-state index contributed by atoms with van der Waals surface area (Å²) in [6.07, 6.45) is 2.99. The SMILES string of the molecule is CCC1(CC)C(N)CC1c1cccc([N+](=O)[O-])c1. The predicted molar refractivity (Wildman–Crippen MR) is 71.4 cm³/mol. The van der Waals surface area contributed by atoms with Crippen LogP contribution in [-0.2, 0) is 0 Å². The van der Waals surface area contributed by atoms with Gasteiger partial charge in [0.05, 0.1) is 4.92 Å². The fraction of sp³-hybridized carbons (Fsp3) is 0.571. The van der Waals surface area contributed by atoms with Crippen molar-refractivity contribution >= 4 is 5.69 Å². The van der Waals surface area contributed by atoms with Crippen molar-refractivity contribution in [3.63, 3.8) is 0 Å². The molecule has 4 nitrogen and oxygen atoms in total. The summed E-state index contributed by atoms with van der Waals surface area (Å²) >= 11 is 0. The molecule has 2 atom stereocenters. The van der Waals surface area contributed by atoms with Gasteiger partial charge in [0, 0.05) is 18.2 Å². The number of rotatable bonds is 4. The van der Waals surface area contributed by atoms with Gasteiger partial charge in [-0.25, -0.2) is 0 Å². The van der Waals surface area contributed by atoms with E-state index in [9.17, 15) is 10.1 Å². The van der Waals surface area contributed by atoms with Crippen molar-refractivity contribution in [2.75, 3.05) is 0 Å². The largest absolute Gasteiger partial charge is 0.327 e. The lowest BCUT2D eigenvalue weighted by molar-refractivity contribution is -0.385. The first-order valence-electron chi connectivity index (χ1n) is 6.55. The van der Waals surface area contributed by atoms with E-state index >= 15 is 0 Å². The molecule has 0 aromatic heterocycles. The molecule has 1 saturated carbocycles. The van der Waals surface area contributed by atoms with Crippen LogP contribution in [0.2, 0.25) is 0 Å². The van der Waals surface area contributed by atoms with Gasteiger partial charge in [0.2, 0.25) is 0 Å². The van der Waals surface area contributed by atoms with Crippen LogP contribution >= 0.6 is 0 Å². The highest BCUT2D eigenvalue weighted by Gasteiger charge is 2.51. The lowest BCUT2D eigenvalue weighted by Gasteiger charge is -2.54. The Hall–Kier alpha value is -1.42. The van der Waals surface area contributed by atoms with Crippen molar-refractivity contribution in [3.05, 3.63) is 39.9 Å². The van der Waals surface area contributed by atoms with Gasteiger partial charge in [0.15, 0.2) is 0 Å². The summed E-state index contributed by atoms with van der Waals surface area (Å²) in [5.41, 5.74) is 7.53. The maximum atomic E-state index is 10.8. The van der Waals surface area contributed by atoms with E-state index in [1.807, 2.05) is 6.07 Å². The number of nitro benzene ring substituents is 1. The molecule has 0 radical (unpaired) electrons. The smallest absolute Gasteiger partial charge is 0.269 e. The fourth-order valence-electron chi connectivity index (χ4n) is 3.41. The quantitative estimate of drug-likeness (QED) is 0.657. The van der Waals surface area contributed by atoms with Gasteiger partial charge in [-0.1, -0.05) is 26.0 Å². The number of benzene rings is 1. The highest BCUT2D eigenvalue weighted by Crippen LogP contribution is 2.56. The predicted octanol–water partition coefficient (Wildman–Crippen LogP) is 3.22. The molecule has 98 valence electrons. The lowest BCUT2D eigenvalue weighted by atomic mass is 9.52. The van der Waals surface area contributed by atoms with Gasteiger partial charge in [-0.15, -0.1) is 0 Å². The highest BCUT2D eigenvalue weighted by molar-refractivity contribution is 5.38. The number of nitro groups is 1. The minimum atomic E-state index is -0.332. The van der Waals surface area contributed by atoms with Gasteiger partial charge < -0.3 is 5.73 Å². The van der Waals surface area contributed by atoms with Crippen molar-refractivity contribution in [1.29, 1.82) is 0 Å². The summed E-state index contributed by atoms with van der Waals surface area (Å²) in [7, 11) is 0. The monoisotopic (exact) mass is 248 g/mol. The third-order valence-corrected chi connectivity index (χ3v) is 4.72. The molecule has 2 rings (SSSR count). The average Bonchev–Trinajstić information content (AvgIpc) is 2.37. The van der Waals surface area contributed by atoms with Crippen LogP contribution in [0.3, 0.4) is 0 Å². The zero-order valence-corrected chi connectivity index (χ0v) is 10.9. The van der Waals surface area contributed by atoms with E-state index in [4.69, 9.17) is 5.73 Å². The molecular formula is C14H20N2O2. The molecule has 0 amide bonds. The number of hydrogen-bond donors (Lipinski definition) is 1. The number of nitrogens with two attached hydrogens (primary N) is 1. The first kappa shape index (κ1) is 13.0. The topological polar surface area (TPSA) is 69.2 Å². The molecule has 0 heterocycles. The van der Waals surface area contributed by atoms with Gasteiger partial charge in [-0.05, 0) is 36.2 Å². The third kappa shape index (κ3) is 1.81. The van der Waals surface area contributed by atoms with Crippen LogP contribution in [0, 0.1) is 15.5 Å². The van der Waals surface area contributed by atoms with E-state index in [0.29, 0.717) is 5.92 Å². The van der Waals surface area contributed by atoms with Crippen LogP contribution < -0.4 is 5.73 Å². The Morgan fingerprint density at radius 3 is 2.61 bits per heavy atom. The third-order valence-electron chi connectivity index (χ3n) is 4.72. The molecule has 2 N–H and O–H groups in total. The van der Waals surface area contributed by atoms with Crippen LogP contribution in [0.1, 0.15) is 44.6 Å². The fourth-order valence-corrected chi connectivity index (χ4v) is 3.41. The molecular weight excluding hydrogens is 228 g/mol. The highest BCUT2D eigenvalue weighted by atomic mass is 16.6. The zero-order chi connectivity index (χ0) is 13.3. The zero-order valence-electron chi connectivity index (χ0n) is 10.9. The van der Waals surface area contributed by atoms with Crippen molar-refractivity contribution in [1.82, 2.24) is 0 Å². The minimum Gasteiger partial charge on any atom is -0.327 e. The van der Waals surface area contributed by atoms with Crippen LogP contribution in [0.15, 0.2) is 24.3 Å². The molecule has 2 unspecified atom stereocenters.